The van der Waals surface area contributed by atoms with Crippen molar-refractivity contribution in [3.05, 3.63) is 21.9 Å². The second-order valence-corrected chi connectivity index (χ2v) is 7.01. The van der Waals surface area contributed by atoms with Crippen LogP contribution >= 0.6 is 11.3 Å². The molecule has 2 aliphatic rings. The summed E-state index contributed by atoms with van der Waals surface area (Å²) in [5.41, 5.74) is 0. The van der Waals surface area contributed by atoms with E-state index in [0.717, 1.165) is 39.1 Å². The molecule has 0 radical (unpaired) electrons. The lowest BCUT2D eigenvalue weighted by Gasteiger charge is -2.36. The van der Waals surface area contributed by atoms with Gasteiger partial charge in [0.05, 0.1) is 19.8 Å². The van der Waals surface area contributed by atoms with E-state index < -0.39 is 6.10 Å². The zero-order chi connectivity index (χ0) is 15.4. The average molecular weight is 324 g/mol. The molecule has 3 heterocycles. The van der Waals surface area contributed by atoms with Crippen LogP contribution in [-0.4, -0.2) is 67.8 Å². The molecule has 1 atom stereocenters. The molecule has 0 spiro atoms. The Morgan fingerprint density at radius 2 is 2.00 bits per heavy atom. The van der Waals surface area contributed by atoms with Gasteiger partial charge in [-0.3, -0.25) is 9.69 Å². The van der Waals surface area contributed by atoms with E-state index in [-0.39, 0.29) is 5.91 Å². The molecule has 122 valence electrons. The molecule has 1 unspecified atom stereocenters. The summed E-state index contributed by atoms with van der Waals surface area (Å²) < 4.78 is 10.8. The molecular formula is C16H24N2O3S. The maximum atomic E-state index is 12.4. The molecule has 0 aliphatic carbocycles. The summed E-state index contributed by atoms with van der Waals surface area (Å²) in [5, 5.41) is 0. The van der Waals surface area contributed by atoms with Gasteiger partial charge in [-0.25, -0.2) is 0 Å². The van der Waals surface area contributed by atoms with E-state index in [1.54, 1.807) is 0 Å². The highest BCUT2D eigenvalue weighted by Gasteiger charge is 2.29. The Hall–Kier alpha value is -0.950. The number of carbonyl (C=O) groups excluding carboxylic acids is 1. The van der Waals surface area contributed by atoms with Crippen LogP contribution in [0, 0.1) is 0 Å². The summed E-state index contributed by atoms with van der Waals surface area (Å²) in [6.07, 6.45) is 0.709. The fraction of sp³-hybridized carbons (Fsp3) is 0.688. The second-order valence-electron chi connectivity index (χ2n) is 5.76. The van der Waals surface area contributed by atoms with Crippen LogP contribution in [-0.2, 0) is 27.2 Å². The molecule has 5 nitrogen and oxygen atoms in total. The normalized spacial score (nSPS) is 23.7. The summed E-state index contributed by atoms with van der Waals surface area (Å²) in [6.45, 7) is 8.13. The van der Waals surface area contributed by atoms with Crippen LogP contribution in [0.15, 0.2) is 12.1 Å². The first kappa shape index (κ1) is 15.9. The van der Waals surface area contributed by atoms with Crippen LogP contribution in [0.3, 0.4) is 0 Å². The highest BCUT2D eigenvalue weighted by atomic mass is 32.1. The minimum absolute atomic E-state index is 0.0868. The molecule has 1 amide bonds. The van der Waals surface area contributed by atoms with Crippen LogP contribution in [0.4, 0.5) is 0 Å². The van der Waals surface area contributed by atoms with Crippen molar-refractivity contribution in [1.82, 2.24) is 9.80 Å². The number of rotatable bonds is 4. The number of ether oxygens (including phenoxy) is 2. The number of carbonyl (C=O) groups is 1. The lowest BCUT2D eigenvalue weighted by molar-refractivity contribution is -0.159. The van der Waals surface area contributed by atoms with Gasteiger partial charge >= 0.3 is 0 Å². The van der Waals surface area contributed by atoms with Crippen LogP contribution in [0.5, 0.6) is 0 Å². The van der Waals surface area contributed by atoms with Crippen LogP contribution in [0.2, 0.25) is 0 Å². The molecule has 0 saturated carbocycles. The molecule has 2 fully saturated rings. The van der Waals surface area contributed by atoms with Gasteiger partial charge in [-0.2, -0.15) is 0 Å². The Balaban J connectivity index is 1.46. The summed E-state index contributed by atoms with van der Waals surface area (Å²) in [7, 11) is 0. The molecule has 3 rings (SSSR count). The van der Waals surface area contributed by atoms with E-state index >= 15 is 0 Å². The van der Waals surface area contributed by atoms with Crippen LogP contribution in [0.25, 0.3) is 0 Å². The van der Waals surface area contributed by atoms with Crippen molar-refractivity contribution >= 4 is 17.2 Å². The monoisotopic (exact) mass is 324 g/mol. The van der Waals surface area contributed by atoms with E-state index in [0.29, 0.717) is 19.8 Å². The highest BCUT2D eigenvalue weighted by Crippen LogP contribution is 2.19. The number of thiophene rings is 1. The Labute approximate surface area is 135 Å². The molecule has 1 aromatic heterocycles. The standard InChI is InChI=1S/C16H24N2O3S/c1-2-13-3-4-14(22-13)11-17-5-7-18(8-6-17)16(19)15-12-20-9-10-21-15/h3-4,15H,2,5-12H2,1H3. The topological polar surface area (TPSA) is 42.0 Å². The van der Waals surface area contributed by atoms with Crippen molar-refractivity contribution in [2.24, 2.45) is 0 Å². The first-order valence-electron chi connectivity index (χ1n) is 8.04. The highest BCUT2D eigenvalue weighted by molar-refractivity contribution is 7.11. The molecule has 2 aliphatic heterocycles. The van der Waals surface area contributed by atoms with Gasteiger partial charge in [0.25, 0.3) is 5.91 Å². The minimum Gasteiger partial charge on any atom is -0.376 e. The van der Waals surface area contributed by atoms with Gasteiger partial charge in [-0.05, 0) is 18.6 Å². The molecule has 0 bridgehead atoms. The van der Waals surface area contributed by atoms with Gasteiger partial charge in [-0.15, -0.1) is 11.3 Å². The summed E-state index contributed by atoms with van der Waals surface area (Å²) in [5.74, 6) is 0.0868. The number of hydrogen-bond acceptors (Lipinski definition) is 5. The predicted molar refractivity (Wildman–Crippen MR) is 86.1 cm³/mol. The predicted octanol–water partition coefficient (Wildman–Crippen LogP) is 1.37. The smallest absolute Gasteiger partial charge is 0.254 e. The summed E-state index contributed by atoms with van der Waals surface area (Å²) in [6, 6.07) is 4.45. The molecule has 2 saturated heterocycles. The third kappa shape index (κ3) is 3.87. The maximum absolute atomic E-state index is 12.4. The van der Waals surface area contributed by atoms with Crippen molar-refractivity contribution in [2.75, 3.05) is 46.0 Å². The molecular weight excluding hydrogens is 300 g/mol. The van der Waals surface area contributed by atoms with E-state index in [4.69, 9.17) is 9.47 Å². The molecule has 22 heavy (non-hydrogen) atoms. The molecule has 0 N–H and O–H groups in total. The van der Waals surface area contributed by atoms with Crippen LogP contribution in [0.1, 0.15) is 16.7 Å². The Kier molecular flexibility index (Phi) is 5.46. The van der Waals surface area contributed by atoms with E-state index in [9.17, 15) is 4.79 Å². The number of piperazine rings is 1. The van der Waals surface area contributed by atoms with Crippen LogP contribution < -0.4 is 0 Å². The van der Waals surface area contributed by atoms with Crippen molar-refractivity contribution in [2.45, 2.75) is 26.0 Å². The maximum Gasteiger partial charge on any atom is 0.254 e. The molecule has 1 aromatic rings. The first-order valence-corrected chi connectivity index (χ1v) is 8.86. The minimum atomic E-state index is -0.398. The zero-order valence-electron chi connectivity index (χ0n) is 13.1. The molecule has 6 heteroatoms. The average Bonchev–Trinajstić information content (AvgIpc) is 3.03. The number of nitrogens with zero attached hydrogens (tertiary/aromatic N) is 2. The van der Waals surface area contributed by atoms with Crippen molar-refractivity contribution in [3.63, 3.8) is 0 Å². The summed E-state index contributed by atoms with van der Waals surface area (Å²) >= 11 is 1.90. The molecule has 0 aromatic carbocycles. The number of amides is 1. The van der Waals surface area contributed by atoms with Gasteiger partial charge in [0.1, 0.15) is 0 Å². The fourth-order valence-electron chi connectivity index (χ4n) is 2.88. The lowest BCUT2D eigenvalue weighted by atomic mass is 10.2. The van der Waals surface area contributed by atoms with Crippen molar-refractivity contribution in [3.8, 4) is 0 Å². The SMILES string of the molecule is CCc1ccc(CN2CCN(C(=O)C3COCCO3)CC2)s1. The number of aryl methyl sites for hydroxylation is 1. The van der Waals surface area contributed by atoms with E-state index in [2.05, 4.69) is 24.0 Å². The quantitative estimate of drug-likeness (QED) is 0.839. The fourth-order valence-corrected chi connectivity index (χ4v) is 3.88. The van der Waals surface area contributed by atoms with Crippen molar-refractivity contribution < 1.29 is 14.3 Å². The zero-order valence-corrected chi connectivity index (χ0v) is 13.9. The first-order chi connectivity index (χ1) is 10.8. The Morgan fingerprint density at radius 3 is 2.64 bits per heavy atom. The van der Waals surface area contributed by atoms with Gasteiger partial charge in [0, 0.05) is 42.5 Å². The number of hydrogen-bond donors (Lipinski definition) is 0. The van der Waals surface area contributed by atoms with Gasteiger partial charge in [0.15, 0.2) is 6.10 Å². The van der Waals surface area contributed by atoms with Gasteiger partial charge in [0.2, 0.25) is 0 Å². The van der Waals surface area contributed by atoms with Crippen molar-refractivity contribution in [1.29, 1.82) is 0 Å². The summed E-state index contributed by atoms with van der Waals surface area (Å²) in [4.78, 5) is 19.6. The third-order valence-electron chi connectivity index (χ3n) is 4.22. The van der Waals surface area contributed by atoms with E-state index in [1.807, 2.05) is 16.2 Å². The van der Waals surface area contributed by atoms with E-state index in [1.165, 1.54) is 9.75 Å². The van der Waals surface area contributed by atoms with Gasteiger partial charge in [-0.1, -0.05) is 6.92 Å². The third-order valence-corrected chi connectivity index (χ3v) is 5.43. The largest absolute Gasteiger partial charge is 0.376 e. The lowest BCUT2D eigenvalue weighted by Crippen LogP contribution is -2.53. The second kappa shape index (κ2) is 7.55. The Morgan fingerprint density at radius 1 is 1.23 bits per heavy atom. The Bertz CT molecular complexity index is 491. The van der Waals surface area contributed by atoms with Gasteiger partial charge < -0.3 is 14.4 Å².